The second-order valence-electron chi connectivity index (χ2n) is 1.70. The van der Waals surface area contributed by atoms with Gasteiger partial charge in [-0.1, -0.05) is 32.0 Å². The maximum Gasteiger partial charge on any atom is 0.123 e. The van der Waals surface area contributed by atoms with E-state index in [9.17, 15) is 4.39 Å². The summed E-state index contributed by atoms with van der Waals surface area (Å²) < 4.78 is 16.2. The highest BCUT2D eigenvalue weighted by atomic mass is 19.1. The Kier molecular flexibility index (Phi) is 14.5. The van der Waals surface area contributed by atoms with Crippen molar-refractivity contribution in [1.29, 1.82) is 0 Å². The lowest BCUT2D eigenvalue weighted by molar-refractivity contribution is 0.277. The van der Waals surface area contributed by atoms with E-state index in [-0.39, 0.29) is 5.82 Å². The van der Waals surface area contributed by atoms with Crippen molar-refractivity contribution in [3.8, 4) is 0 Å². The first-order valence-electron chi connectivity index (χ1n) is 3.92. The van der Waals surface area contributed by atoms with Gasteiger partial charge in [-0.15, -0.1) is 0 Å². The molecule has 70 valence electrons. The Morgan fingerprint density at radius 3 is 1.50 bits per heavy atom. The molecule has 0 aliphatic rings. The number of ether oxygens (including phenoxy) is 1. The van der Waals surface area contributed by atoms with Gasteiger partial charge in [0.1, 0.15) is 5.82 Å². The number of rotatable bonds is 0. The molecule has 0 amide bonds. The maximum atomic E-state index is 11.9. The van der Waals surface area contributed by atoms with Gasteiger partial charge in [0.25, 0.3) is 0 Å². The largest absolute Gasteiger partial charge is 0.388 e. The Labute approximate surface area is 74.2 Å². The minimum Gasteiger partial charge on any atom is -0.388 e. The average Bonchev–Trinajstić information content (AvgIpc) is 2.11. The molecule has 0 aromatic heterocycles. The van der Waals surface area contributed by atoms with E-state index in [1.54, 1.807) is 32.4 Å². The van der Waals surface area contributed by atoms with E-state index in [2.05, 4.69) is 4.74 Å². The van der Waals surface area contributed by atoms with E-state index < -0.39 is 0 Å². The zero-order valence-corrected chi connectivity index (χ0v) is 8.17. The Morgan fingerprint density at radius 1 is 1.00 bits per heavy atom. The first-order valence-corrected chi connectivity index (χ1v) is 3.92. The van der Waals surface area contributed by atoms with Crippen LogP contribution in [0.5, 0.6) is 0 Å². The fourth-order valence-corrected chi connectivity index (χ4v) is 0.415. The Hall–Kier alpha value is -0.890. The predicted molar refractivity (Wildman–Crippen MR) is 50.7 cm³/mol. The molecule has 0 bridgehead atoms. The molecule has 0 fully saturated rings. The molecule has 1 aromatic rings. The van der Waals surface area contributed by atoms with Crippen molar-refractivity contribution in [2.75, 3.05) is 14.2 Å². The molecule has 0 saturated carbocycles. The maximum absolute atomic E-state index is 11.9. The third-order valence-corrected chi connectivity index (χ3v) is 0.733. The van der Waals surface area contributed by atoms with Crippen molar-refractivity contribution < 1.29 is 9.13 Å². The fourth-order valence-electron chi connectivity index (χ4n) is 0.415. The third-order valence-electron chi connectivity index (χ3n) is 0.733. The van der Waals surface area contributed by atoms with Crippen LogP contribution in [0.1, 0.15) is 13.8 Å². The van der Waals surface area contributed by atoms with Crippen LogP contribution < -0.4 is 0 Å². The van der Waals surface area contributed by atoms with Crippen LogP contribution in [0, 0.1) is 5.82 Å². The summed E-state index contributed by atoms with van der Waals surface area (Å²) in [6.07, 6.45) is 0. The van der Waals surface area contributed by atoms with Crippen LogP contribution in [-0.4, -0.2) is 14.2 Å². The number of hydrogen-bond donors (Lipinski definition) is 0. The number of methoxy groups -OCH3 is 1. The smallest absolute Gasteiger partial charge is 0.123 e. The van der Waals surface area contributed by atoms with E-state index in [4.69, 9.17) is 0 Å². The van der Waals surface area contributed by atoms with Gasteiger partial charge in [-0.25, -0.2) is 4.39 Å². The average molecular weight is 172 g/mol. The Bertz CT molecular complexity index is 151. The fraction of sp³-hybridized carbons (Fsp3) is 0.400. The van der Waals surface area contributed by atoms with Gasteiger partial charge in [-0.3, -0.25) is 0 Å². The van der Waals surface area contributed by atoms with Gasteiger partial charge in [0.15, 0.2) is 0 Å². The summed E-state index contributed by atoms with van der Waals surface area (Å²) >= 11 is 0. The quantitative estimate of drug-likeness (QED) is 0.584. The minimum absolute atomic E-state index is 0.178. The van der Waals surface area contributed by atoms with E-state index in [1.807, 2.05) is 13.8 Å². The third kappa shape index (κ3) is 11.9. The molecule has 0 atom stereocenters. The predicted octanol–water partition coefficient (Wildman–Crippen LogP) is 3.11. The van der Waals surface area contributed by atoms with E-state index in [1.165, 1.54) is 12.1 Å². The summed E-state index contributed by atoms with van der Waals surface area (Å²) in [7, 11) is 3.25. The molecule has 0 aliphatic carbocycles. The molecule has 1 aromatic carbocycles. The molecule has 0 radical (unpaired) electrons. The van der Waals surface area contributed by atoms with Crippen molar-refractivity contribution in [1.82, 2.24) is 0 Å². The molecule has 1 rings (SSSR count). The molecule has 0 spiro atoms. The molecule has 12 heavy (non-hydrogen) atoms. The number of halogens is 1. The summed E-state index contributed by atoms with van der Waals surface area (Å²) in [6, 6.07) is 7.94. The monoisotopic (exact) mass is 172 g/mol. The Morgan fingerprint density at radius 2 is 1.33 bits per heavy atom. The van der Waals surface area contributed by atoms with Crippen LogP contribution >= 0.6 is 0 Å². The van der Waals surface area contributed by atoms with Gasteiger partial charge in [-0.2, -0.15) is 0 Å². The molecule has 0 aliphatic heterocycles. The molecule has 2 heteroatoms. The van der Waals surface area contributed by atoms with Crippen molar-refractivity contribution in [2.45, 2.75) is 13.8 Å². The lowest BCUT2D eigenvalue weighted by Gasteiger charge is -1.78. The van der Waals surface area contributed by atoms with Gasteiger partial charge in [0, 0.05) is 14.2 Å². The van der Waals surface area contributed by atoms with E-state index in [0.29, 0.717) is 0 Å². The lowest BCUT2D eigenvalue weighted by Crippen LogP contribution is -1.63. The summed E-state index contributed by atoms with van der Waals surface area (Å²) in [4.78, 5) is 0. The molecular formula is C10H17FO. The first-order chi connectivity index (χ1) is 5.81. The summed E-state index contributed by atoms with van der Waals surface area (Å²) in [6.45, 7) is 4.00. The normalized spacial score (nSPS) is 7.08. The van der Waals surface area contributed by atoms with E-state index in [0.717, 1.165) is 0 Å². The lowest BCUT2D eigenvalue weighted by atomic mass is 10.4. The molecule has 0 unspecified atom stereocenters. The topological polar surface area (TPSA) is 9.23 Å². The van der Waals surface area contributed by atoms with Crippen LogP contribution in [0.15, 0.2) is 30.3 Å². The molecule has 0 N–H and O–H groups in total. The number of hydrogen-bond acceptors (Lipinski definition) is 1. The first kappa shape index (κ1) is 13.7. The summed E-state index contributed by atoms with van der Waals surface area (Å²) in [5.41, 5.74) is 0. The van der Waals surface area contributed by atoms with Crippen LogP contribution in [0.2, 0.25) is 0 Å². The SMILES string of the molecule is CC.COC.Fc1ccccc1. The van der Waals surface area contributed by atoms with Crippen molar-refractivity contribution >= 4 is 0 Å². The van der Waals surface area contributed by atoms with Crippen LogP contribution in [0.25, 0.3) is 0 Å². The standard InChI is InChI=1S/C6H5F.C2H6O.C2H6/c7-6-4-2-1-3-5-6;1-3-2;1-2/h1-5H;1-2H3;1-2H3. The zero-order chi connectivity index (χ0) is 9.82. The van der Waals surface area contributed by atoms with Crippen molar-refractivity contribution in [2.24, 2.45) is 0 Å². The summed E-state index contributed by atoms with van der Waals surface area (Å²) in [5, 5.41) is 0. The van der Waals surface area contributed by atoms with Gasteiger partial charge in [-0.05, 0) is 12.1 Å². The second kappa shape index (κ2) is 12.8. The highest BCUT2D eigenvalue weighted by molar-refractivity contribution is 5.02. The highest BCUT2D eigenvalue weighted by Crippen LogP contribution is 1.91. The van der Waals surface area contributed by atoms with Crippen LogP contribution in [0.4, 0.5) is 4.39 Å². The zero-order valence-electron chi connectivity index (χ0n) is 8.17. The van der Waals surface area contributed by atoms with Crippen molar-refractivity contribution in [3.05, 3.63) is 36.1 Å². The highest BCUT2D eigenvalue weighted by Gasteiger charge is 1.77. The summed E-state index contributed by atoms with van der Waals surface area (Å²) in [5.74, 6) is -0.178. The second-order valence-corrected chi connectivity index (χ2v) is 1.70. The van der Waals surface area contributed by atoms with Crippen LogP contribution in [0.3, 0.4) is 0 Å². The van der Waals surface area contributed by atoms with Gasteiger partial charge >= 0.3 is 0 Å². The molecule has 1 nitrogen and oxygen atoms in total. The van der Waals surface area contributed by atoms with Gasteiger partial charge < -0.3 is 4.74 Å². The van der Waals surface area contributed by atoms with Crippen LogP contribution in [-0.2, 0) is 4.74 Å². The van der Waals surface area contributed by atoms with E-state index >= 15 is 0 Å². The molecule has 0 saturated heterocycles. The number of benzene rings is 1. The van der Waals surface area contributed by atoms with Crippen molar-refractivity contribution in [3.63, 3.8) is 0 Å². The minimum atomic E-state index is -0.178. The van der Waals surface area contributed by atoms with Gasteiger partial charge in [0.05, 0.1) is 0 Å². The Balaban J connectivity index is 0. The van der Waals surface area contributed by atoms with Gasteiger partial charge in [0.2, 0.25) is 0 Å². The molecule has 0 heterocycles. The molecular weight excluding hydrogens is 155 g/mol.